The predicted octanol–water partition coefficient (Wildman–Crippen LogP) is 5.08. The van der Waals surface area contributed by atoms with Gasteiger partial charge in [0.25, 0.3) is 6.43 Å². The topological polar surface area (TPSA) is 44.3 Å². The third-order valence-corrected chi connectivity index (χ3v) is 5.99. The molecule has 2 heterocycles. The summed E-state index contributed by atoms with van der Waals surface area (Å²) in [7, 11) is 2.03. The second kappa shape index (κ2) is 8.90. The second-order valence-electron chi connectivity index (χ2n) is 8.19. The van der Waals surface area contributed by atoms with Gasteiger partial charge >= 0.3 is 0 Å². The van der Waals surface area contributed by atoms with Gasteiger partial charge in [0.2, 0.25) is 0 Å². The van der Waals surface area contributed by atoms with Gasteiger partial charge in [-0.2, -0.15) is 5.10 Å². The molecule has 1 fully saturated rings. The van der Waals surface area contributed by atoms with Crippen LogP contribution in [0.3, 0.4) is 0 Å². The number of fused-ring (bicyclic) bond motifs is 1. The third kappa shape index (κ3) is 4.21. The van der Waals surface area contributed by atoms with E-state index in [1.165, 1.54) is 18.2 Å². The first-order chi connectivity index (χ1) is 15.3. The molecule has 170 valence electrons. The number of halogens is 4. The molecule has 1 aliphatic rings. The number of piperazine rings is 1. The number of alkyl halides is 2. The molecular formula is C23H25F4N5. The molecular weight excluding hydrogens is 422 g/mol. The number of hydrogen-bond donors (Lipinski definition) is 1. The highest BCUT2D eigenvalue weighted by atomic mass is 19.3. The van der Waals surface area contributed by atoms with E-state index < -0.39 is 23.8 Å². The van der Waals surface area contributed by atoms with Gasteiger partial charge in [-0.25, -0.2) is 17.6 Å². The molecule has 0 saturated carbocycles. The van der Waals surface area contributed by atoms with E-state index in [1.54, 1.807) is 19.9 Å². The van der Waals surface area contributed by atoms with E-state index in [0.29, 0.717) is 41.1 Å². The lowest BCUT2D eigenvalue weighted by molar-refractivity contribution is 0.146. The summed E-state index contributed by atoms with van der Waals surface area (Å²) in [5, 5.41) is 12.6. The van der Waals surface area contributed by atoms with Crippen molar-refractivity contribution in [3.63, 3.8) is 0 Å². The molecule has 1 aliphatic heterocycles. The summed E-state index contributed by atoms with van der Waals surface area (Å²) < 4.78 is 55.8. The summed E-state index contributed by atoms with van der Waals surface area (Å²) in [4.78, 5) is 4.17. The van der Waals surface area contributed by atoms with Crippen LogP contribution in [0.5, 0.6) is 0 Å². The van der Waals surface area contributed by atoms with Gasteiger partial charge in [-0.1, -0.05) is 18.2 Å². The largest absolute Gasteiger partial charge is 0.367 e. The maximum absolute atomic E-state index is 15.0. The minimum Gasteiger partial charge on any atom is -0.367 e. The van der Waals surface area contributed by atoms with Crippen molar-refractivity contribution in [3.05, 3.63) is 58.8 Å². The van der Waals surface area contributed by atoms with Crippen LogP contribution in [0, 0.1) is 18.6 Å². The van der Waals surface area contributed by atoms with Gasteiger partial charge in [0.05, 0.1) is 23.0 Å². The zero-order valence-corrected chi connectivity index (χ0v) is 18.2. The number of nitrogens with zero attached hydrogens (tertiary/aromatic N) is 4. The average molecular weight is 447 g/mol. The fourth-order valence-corrected chi connectivity index (χ4v) is 4.04. The first-order valence-corrected chi connectivity index (χ1v) is 10.5. The molecule has 0 unspecified atom stereocenters. The molecule has 0 radical (unpaired) electrons. The summed E-state index contributed by atoms with van der Waals surface area (Å²) in [5.41, 5.74) is 0.489. The van der Waals surface area contributed by atoms with Crippen molar-refractivity contribution >= 4 is 22.3 Å². The Morgan fingerprint density at radius 3 is 2.34 bits per heavy atom. The molecule has 0 aliphatic carbocycles. The van der Waals surface area contributed by atoms with Crippen LogP contribution in [-0.2, 0) is 0 Å². The molecule has 1 saturated heterocycles. The molecule has 9 heteroatoms. The fourth-order valence-electron chi connectivity index (χ4n) is 4.04. The first kappa shape index (κ1) is 22.3. The number of aryl methyl sites for hydroxylation is 1. The molecule has 2 aromatic carbocycles. The first-order valence-electron chi connectivity index (χ1n) is 10.5. The zero-order valence-electron chi connectivity index (χ0n) is 18.2. The molecule has 5 nitrogen and oxygen atoms in total. The lowest BCUT2D eigenvalue weighted by atomic mass is 10.0. The molecule has 1 aromatic heterocycles. The lowest BCUT2D eigenvalue weighted by Gasteiger charge is -2.34. The van der Waals surface area contributed by atoms with Crippen molar-refractivity contribution in [2.45, 2.75) is 26.3 Å². The summed E-state index contributed by atoms with van der Waals surface area (Å²) in [6, 6.07) is 6.45. The highest BCUT2D eigenvalue weighted by Gasteiger charge is 2.22. The smallest absolute Gasteiger partial charge is 0.266 e. The number of aromatic nitrogens is 2. The maximum atomic E-state index is 15.0. The maximum Gasteiger partial charge on any atom is 0.266 e. The average Bonchev–Trinajstić information content (AvgIpc) is 2.76. The zero-order chi connectivity index (χ0) is 23.0. The van der Waals surface area contributed by atoms with E-state index in [-0.39, 0.29) is 11.4 Å². The summed E-state index contributed by atoms with van der Waals surface area (Å²) in [5.74, 6) is -0.945. The Morgan fingerprint density at radius 1 is 0.969 bits per heavy atom. The standard InChI is InChI=1S/C23H25F4N5/c1-13(15-5-4-6-16(21(15)25)22(26)27)28-23-18-12-20(32-9-7-31(3)8-10-32)19(24)11-17(18)14(2)29-30-23/h4-6,11-13,22H,7-10H2,1-3H3,(H,28,30)/t13-/m1/s1. The molecule has 4 rings (SSSR count). The van der Waals surface area contributed by atoms with Crippen LogP contribution in [0.1, 0.15) is 36.2 Å². The quantitative estimate of drug-likeness (QED) is 0.553. The summed E-state index contributed by atoms with van der Waals surface area (Å²) in [6.07, 6.45) is -2.91. The number of anilines is 2. The van der Waals surface area contributed by atoms with E-state index in [2.05, 4.69) is 20.4 Å². The van der Waals surface area contributed by atoms with Crippen molar-refractivity contribution in [3.8, 4) is 0 Å². The lowest BCUT2D eigenvalue weighted by Crippen LogP contribution is -2.44. The van der Waals surface area contributed by atoms with Gasteiger partial charge in [-0.05, 0) is 33.0 Å². The highest BCUT2D eigenvalue weighted by Crippen LogP contribution is 2.34. The van der Waals surface area contributed by atoms with Crippen LogP contribution in [0.2, 0.25) is 0 Å². The highest BCUT2D eigenvalue weighted by molar-refractivity contribution is 5.95. The van der Waals surface area contributed by atoms with Crippen molar-refractivity contribution in [2.75, 3.05) is 43.4 Å². The minimum atomic E-state index is -2.91. The fraction of sp³-hybridized carbons (Fsp3) is 0.391. The Balaban J connectivity index is 1.72. The van der Waals surface area contributed by atoms with Gasteiger partial charge in [0.1, 0.15) is 11.6 Å². The van der Waals surface area contributed by atoms with Crippen LogP contribution in [-0.4, -0.2) is 48.3 Å². The second-order valence-corrected chi connectivity index (χ2v) is 8.19. The van der Waals surface area contributed by atoms with E-state index in [4.69, 9.17) is 0 Å². The van der Waals surface area contributed by atoms with E-state index >= 15 is 0 Å². The molecule has 0 spiro atoms. The Kier molecular flexibility index (Phi) is 6.19. The number of rotatable bonds is 5. The molecule has 0 amide bonds. The molecule has 32 heavy (non-hydrogen) atoms. The third-order valence-electron chi connectivity index (χ3n) is 5.99. The minimum absolute atomic E-state index is 0.0970. The van der Waals surface area contributed by atoms with Crippen molar-refractivity contribution in [1.29, 1.82) is 0 Å². The van der Waals surface area contributed by atoms with Crippen LogP contribution in [0.15, 0.2) is 30.3 Å². The number of benzene rings is 2. The monoisotopic (exact) mass is 447 g/mol. The van der Waals surface area contributed by atoms with Crippen LogP contribution >= 0.6 is 0 Å². The van der Waals surface area contributed by atoms with Crippen LogP contribution in [0.25, 0.3) is 10.8 Å². The van der Waals surface area contributed by atoms with E-state index in [0.717, 1.165) is 19.2 Å². The van der Waals surface area contributed by atoms with Crippen molar-refractivity contribution in [2.24, 2.45) is 0 Å². The molecule has 1 atom stereocenters. The van der Waals surface area contributed by atoms with Gasteiger partial charge in [-0.3, -0.25) is 0 Å². The summed E-state index contributed by atoms with van der Waals surface area (Å²) in [6.45, 7) is 6.44. The van der Waals surface area contributed by atoms with Gasteiger partial charge in [0.15, 0.2) is 5.82 Å². The SMILES string of the molecule is Cc1nnc(N[C@H](C)c2cccc(C(F)F)c2F)c2cc(N3CCN(C)CC3)c(F)cc12. The van der Waals surface area contributed by atoms with E-state index in [1.807, 2.05) is 11.9 Å². The van der Waals surface area contributed by atoms with Crippen LogP contribution < -0.4 is 10.2 Å². The Morgan fingerprint density at radius 2 is 1.66 bits per heavy atom. The van der Waals surface area contributed by atoms with Crippen molar-refractivity contribution in [1.82, 2.24) is 15.1 Å². The Bertz CT molecular complexity index is 1130. The van der Waals surface area contributed by atoms with E-state index in [9.17, 15) is 17.6 Å². The van der Waals surface area contributed by atoms with Crippen molar-refractivity contribution < 1.29 is 17.6 Å². The Hall–Kier alpha value is -2.94. The predicted molar refractivity (Wildman–Crippen MR) is 117 cm³/mol. The molecule has 1 N–H and O–H groups in total. The molecule has 3 aromatic rings. The van der Waals surface area contributed by atoms with Gasteiger partial charge in [-0.15, -0.1) is 5.10 Å². The summed E-state index contributed by atoms with van der Waals surface area (Å²) >= 11 is 0. The van der Waals surface area contributed by atoms with Gasteiger partial charge < -0.3 is 15.1 Å². The number of hydrogen-bond acceptors (Lipinski definition) is 5. The Labute approximate surface area is 184 Å². The normalized spacial score (nSPS) is 16.1. The van der Waals surface area contributed by atoms with Gasteiger partial charge in [0, 0.05) is 42.5 Å². The number of likely N-dealkylation sites (N-methyl/N-ethyl adjacent to an activating group) is 1. The van der Waals surface area contributed by atoms with Crippen LogP contribution in [0.4, 0.5) is 29.1 Å². The molecule has 0 bridgehead atoms. The number of nitrogens with one attached hydrogen (secondary N) is 1.